The molecule has 0 aromatic heterocycles. The maximum atomic E-state index is 4.81. The van der Waals surface area contributed by atoms with Gasteiger partial charge in [-0.05, 0) is 26.7 Å². The van der Waals surface area contributed by atoms with Crippen LogP contribution in [0.4, 0.5) is 0 Å². The monoisotopic (exact) mass is 412 g/mol. The maximum absolute atomic E-state index is 4.81. The zero-order chi connectivity index (χ0) is 14.7. The van der Waals surface area contributed by atoms with Gasteiger partial charge in [0.15, 0.2) is 0 Å². The first kappa shape index (κ1) is 25.9. The standard InChI is InChI=1S/C13H22N.C2H6Si.2ClH.Zr/c1-8-9(2)11(4)12(10(8)3)14-13(5,6)7;1-3-2;;;/h10H,1-7H3;1-2H3;2*1H;/q-1;;;;. The molecule has 1 aliphatic carbocycles. The Bertz CT molecular complexity index is 391. The molecule has 0 radical (unpaired) electrons. The van der Waals surface area contributed by atoms with Crippen molar-refractivity contribution >= 4 is 30.2 Å². The van der Waals surface area contributed by atoms with Gasteiger partial charge in [0.25, 0.3) is 0 Å². The van der Waals surface area contributed by atoms with E-state index in [1.165, 1.54) is 22.4 Å². The molecule has 0 N–H and O–H groups in total. The summed E-state index contributed by atoms with van der Waals surface area (Å²) < 4.78 is 0. The van der Waals surface area contributed by atoms with Gasteiger partial charge in [-0.15, -0.1) is 30.4 Å². The molecule has 0 aromatic carbocycles. The Kier molecular flexibility index (Phi) is 13.8. The third kappa shape index (κ3) is 9.07. The van der Waals surface area contributed by atoms with Gasteiger partial charge in [0.2, 0.25) is 0 Å². The second kappa shape index (κ2) is 10.6. The van der Waals surface area contributed by atoms with Crippen LogP contribution in [-0.4, -0.2) is 11.0 Å². The predicted molar refractivity (Wildman–Crippen MR) is 95.3 cm³/mol. The normalized spacial score (nSPS) is 17.7. The van der Waals surface area contributed by atoms with Crippen molar-refractivity contribution < 1.29 is 23.3 Å². The fraction of sp³-hybridized carbons (Fsp3) is 0.733. The summed E-state index contributed by atoms with van der Waals surface area (Å²) in [4.78, 5) is 0. The van der Waals surface area contributed by atoms with Gasteiger partial charge >= 0.3 is 41.9 Å². The summed E-state index contributed by atoms with van der Waals surface area (Å²) in [6, 6.07) is 0. The summed E-state index contributed by atoms with van der Waals surface area (Å²) in [7, 11) is 0. The second-order valence-electron chi connectivity index (χ2n) is 6.32. The van der Waals surface area contributed by atoms with Crippen molar-refractivity contribution in [3.8, 4) is 0 Å². The summed E-state index contributed by atoms with van der Waals surface area (Å²) in [6.45, 7) is 19.9. The second-order valence-corrected chi connectivity index (χ2v) is 15.7. The third-order valence-electron chi connectivity index (χ3n) is 3.05. The molecular weight excluding hydrogens is 384 g/mol. The van der Waals surface area contributed by atoms with Crippen LogP contribution in [0.5, 0.6) is 0 Å². The molecule has 20 heavy (non-hydrogen) atoms. The van der Waals surface area contributed by atoms with Gasteiger partial charge in [0.1, 0.15) is 0 Å². The van der Waals surface area contributed by atoms with Crippen molar-refractivity contribution in [2.45, 2.75) is 67.1 Å². The summed E-state index contributed by atoms with van der Waals surface area (Å²) in [5.74, 6) is 0.509. The van der Waals surface area contributed by atoms with Gasteiger partial charge in [-0.3, -0.25) is 0 Å². The van der Waals surface area contributed by atoms with Gasteiger partial charge in [-0.25, -0.2) is 0 Å². The summed E-state index contributed by atoms with van der Waals surface area (Å²) in [5.41, 5.74) is 5.82. The van der Waals surface area contributed by atoms with Crippen LogP contribution in [0.1, 0.15) is 48.5 Å². The smallest absolute Gasteiger partial charge is 0.147 e. The van der Waals surface area contributed by atoms with E-state index in [1.54, 1.807) is 23.3 Å². The molecule has 1 atom stereocenters. The fourth-order valence-corrected chi connectivity index (χ4v) is 1.88. The van der Waals surface area contributed by atoms with Crippen LogP contribution in [0, 0.1) is 5.92 Å². The molecule has 5 heteroatoms. The number of allylic oxidation sites excluding steroid dienone is 3. The topological polar surface area (TPSA) is 14.1 Å². The number of hydrogen-bond acceptors (Lipinski definition) is 0. The van der Waals surface area contributed by atoms with Crippen LogP contribution in [0.3, 0.4) is 0 Å². The molecule has 0 fully saturated rings. The number of halogens is 2. The molecule has 0 saturated heterocycles. The Morgan fingerprint density at radius 1 is 1.00 bits per heavy atom. The zero-order valence-electron chi connectivity index (χ0n) is 14.3. The summed E-state index contributed by atoms with van der Waals surface area (Å²) in [6.07, 6.45) is 0. The first-order valence-corrected chi connectivity index (χ1v) is 12.8. The van der Waals surface area contributed by atoms with Gasteiger partial charge in [0.05, 0.1) is 0 Å². The van der Waals surface area contributed by atoms with Crippen molar-refractivity contribution in [1.82, 2.24) is 0 Å². The summed E-state index contributed by atoms with van der Waals surface area (Å²) in [5, 5.41) is 4.81. The van der Waals surface area contributed by atoms with E-state index in [1.807, 2.05) is 0 Å². The molecule has 1 unspecified atom stereocenters. The van der Waals surface area contributed by atoms with E-state index in [9.17, 15) is 0 Å². The molecule has 0 saturated carbocycles. The van der Waals surface area contributed by atoms with Crippen molar-refractivity contribution in [3.63, 3.8) is 0 Å². The van der Waals surface area contributed by atoms with Crippen LogP contribution >= 0.6 is 24.8 Å². The van der Waals surface area contributed by atoms with Crippen LogP contribution < -0.4 is 0 Å². The van der Waals surface area contributed by atoms with Gasteiger partial charge in [0, 0.05) is 0 Å². The molecule has 1 aliphatic rings. The van der Waals surface area contributed by atoms with Crippen LogP contribution in [-0.2, 0) is 23.3 Å². The molecular formula is C15H30Cl2NSiZr-. The quantitative estimate of drug-likeness (QED) is 0.464. The van der Waals surface area contributed by atoms with Crippen molar-refractivity contribution in [3.05, 3.63) is 27.7 Å². The van der Waals surface area contributed by atoms with E-state index in [0.29, 0.717) is 5.92 Å². The first-order chi connectivity index (χ1) is 7.97. The van der Waals surface area contributed by atoms with E-state index in [2.05, 4.69) is 61.6 Å². The molecule has 0 bridgehead atoms. The Hall–Kier alpha value is 0.960. The molecule has 1 rings (SSSR count). The Balaban J connectivity index is -0.000000429. The van der Waals surface area contributed by atoms with Gasteiger partial charge in [-0.1, -0.05) is 44.4 Å². The Morgan fingerprint density at radius 3 is 1.55 bits per heavy atom. The van der Waals surface area contributed by atoms with Crippen LogP contribution in [0.25, 0.3) is 5.32 Å². The van der Waals surface area contributed by atoms with Crippen molar-refractivity contribution in [1.29, 1.82) is 0 Å². The maximum Gasteiger partial charge on any atom is -0.147 e. The van der Waals surface area contributed by atoms with Crippen LogP contribution in [0.15, 0.2) is 22.4 Å². The molecule has 0 aliphatic heterocycles. The molecule has 1 nitrogen and oxygen atoms in total. The minimum absolute atomic E-state index is 0. The SMILES string of the molecule is CC1=C(C)C(C)C([N-]C(C)(C)C)=C1C.C[Si](C)=[Zr].Cl.Cl. The largest absolute Gasteiger partial charge is 0.147 e. The Morgan fingerprint density at radius 2 is 1.35 bits per heavy atom. The summed E-state index contributed by atoms with van der Waals surface area (Å²) >= 11 is 1.74. The van der Waals surface area contributed by atoms with Crippen LogP contribution in [0.2, 0.25) is 13.1 Å². The Labute approximate surface area is 153 Å². The predicted octanol–water partition coefficient (Wildman–Crippen LogP) is 6.05. The van der Waals surface area contributed by atoms with Gasteiger partial charge in [-0.2, -0.15) is 5.70 Å². The molecule has 0 heterocycles. The zero-order valence-corrected chi connectivity index (χ0v) is 19.4. The van der Waals surface area contributed by atoms with E-state index in [4.69, 9.17) is 5.32 Å². The molecule has 0 amide bonds. The average molecular weight is 415 g/mol. The number of rotatable bonds is 1. The molecule has 0 spiro atoms. The third-order valence-corrected chi connectivity index (χ3v) is 3.05. The van der Waals surface area contributed by atoms with E-state index < -0.39 is 0 Å². The minimum atomic E-state index is 0. The van der Waals surface area contributed by atoms with E-state index in [0.717, 1.165) is 0 Å². The minimum Gasteiger partial charge on any atom is -0.147 e. The van der Waals surface area contributed by atoms with Gasteiger partial charge < -0.3 is 5.32 Å². The number of nitrogens with zero attached hydrogens (tertiary/aromatic N) is 1. The number of hydrogen-bond donors (Lipinski definition) is 0. The average Bonchev–Trinajstić information content (AvgIpc) is 2.33. The molecule has 118 valence electrons. The first-order valence-electron chi connectivity index (χ1n) is 6.60. The molecule has 0 aromatic rings. The van der Waals surface area contributed by atoms with Crippen molar-refractivity contribution in [2.24, 2.45) is 5.92 Å². The van der Waals surface area contributed by atoms with E-state index >= 15 is 0 Å². The van der Waals surface area contributed by atoms with E-state index in [-0.39, 0.29) is 35.8 Å². The van der Waals surface area contributed by atoms with Crippen molar-refractivity contribution in [2.75, 3.05) is 0 Å². The fourth-order valence-electron chi connectivity index (χ4n) is 1.88.